The molecule has 1 aliphatic rings. The second-order valence-corrected chi connectivity index (χ2v) is 14.9. The van der Waals surface area contributed by atoms with E-state index in [2.05, 4.69) is 220 Å². The van der Waals surface area contributed by atoms with Gasteiger partial charge >= 0.3 is 0 Å². The van der Waals surface area contributed by atoms with Crippen molar-refractivity contribution in [2.24, 2.45) is 0 Å². The largest absolute Gasteiger partial charge is 0.315 e. The predicted molar refractivity (Wildman–Crippen MR) is 231 cm³/mol. The SMILES string of the molecule is CN1c2cc(-n3c4ccccc4c4cc(-n5c6ccccc6c6ccccc65)ccc43)ccc2C(c2ccccc2)(c2ccccc2)n2c1nc1ccccc12. The summed E-state index contributed by atoms with van der Waals surface area (Å²) < 4.78 is 7.29. The molecule has 1 aliphatic heterocycles. The zero-order valence-electron chi connectivity index (χ0n) is 30.7. The van der Waals surface area contributed by atoms with E-state index in [0.29, 0.717) is 0 Å². The van der Waals surface area contributed by atoms with Crippen LogP contribution in [-0.2, 0) is 5.54 Å². The van der Waals surface area contributed by atoms with Crippen LogP contribution in [-0.4, -0.2) is 25.7 Å². The topological polar surface area (TPSA) is 30.9 Å². The molecule has 0 atom stereocenters. The van der Waals surface area contributed by atoms with Crippen molar-refractivity contribution in [3.8, 4) is 11.4 Å². The fraction of sp³-hybridized carbons (Fsp3) is 0.0392. The Morgan fingerprint density at radius 1 is 0.411 bits per heavy atom. The molecular weight excluding hydrogens is 683 g/mol. The van der Waals surface area contributed by atoms with Crippen molar-refractivity contribution in [1.29, 1.82) is 0 Å². The molecule has 56 heavy (non-hydrogen) atoms. The Hall–Kier alpha value is -7.37. The van der Waals surface area contributed by atoms with Gasteiger partial charge in [-0.1, -0.05) is 133 Å². The summed E-state index contributed by atoms with van der Waals surface area (Å²) in [5, 5.41) is 4.97. The summed E-state index contributed by atoms with van der Waals surface area (Å²) in [5.74, 6) is 0.904. The van der Waals surface area contributed by atoms with Gasteiger partial charge in [0.15, 0.2) is 0 Å². The Bertz CT molecular complexity index is 3240. The minimum absolute atomic E-state index is 0.674. The van der Waals surface area contributed by atoms with Crippen LogP contribution in [0.4, 0.5) is 11.6 Å². The summed E-state index contributed by atoms with van der Waals surface area (Å²) in [6, 6.07) is 70.6. The first-order valence-corrected chi connectivity index (χ1v) is 19.2. The van der Waals surface area contributed by atoms with Crippen molar-refractivity contribution in [2.45, 2.75) is 5.54 Å². The van der Waals surface area contributed by atoms with Crippen LogP contribution in [0.5, 0.6) is 0 Å². The first-order valence-electron chi connectivity index (χ1n) is 19.2. The number of hydrogen-bond donors (Lipinski definition) is 0. The van der Waals surface area contributed by atoms with E-state index >= 15 is 0 Å². The van der Waals surface area contributed by atoms with Crippen molar-refractivity contribution in [2.75, 3.05) is 11.9 Å². The molecule has 0 N–H and O–H groups in total. The maximum absolute atomic E-state index is 5.33. The lowest BCUT2D eigenvalue weighted by atomic mass is 9.74. The number of para-hydroxylation sites is 5. The van der Waals surface area contributed by atoms with Crippen LogP contribution in [0.2, 0.25) is 0 Å². The van der Waals surface area contributed by atoms with Crippen LogP contribution in [0.3, 0.4) is 0 Å². The highest BCUT2D eigenvalue weighted by molar-refractivity contribution is 6.12. The average molecular weight is 718 g/mol. The predicted octanol–water partition coefficient (Wildman–Crippen LogP) is 12.2. The first-order chi connectivity index (χ1) is 27.7. The van der Waals surface area contributed by atoms with Crippen molar-refractivity contribution in [1.82, 2.24) is 18.7 Å². The van der Waals surface area contributed by atoms with Gasteiger partial charge in [0.2, 0.25) is 5.95 Å². The Labute approximate surface area is 323 Å². The molecule has 0 amide bonds. The molecule has 0 saturated heterocycles. The normalized spacial score (nSPS) is 13.6. The maximum atomic E-state index is 5.33. The summed E-state index contributed by atoms with van der Waals surface area (Å²) in [5.41, 5.74) is 13.1. The molecule has 0 spiro atoms. The van der Waals surface area contributed by atoms with Gasteiger partial charge < -0.3 is 14.0 Å². The number of rotatable bonds is 4. The Balaban J connectivity index is 1.13. The van der Waals surface area contributed by atoms with Crippen molar-refractivity contribution in [3.63, 3.8) is 0 Å². The van der Waals surface area contributed by atoms with Gasteiger partial charge in [0.05, 0.1) is 38.8 Å². The van der Waals surface area contributed by atoms with Crippen molar-refractivity contribution in [3.05, 3.63) is 211 Å². The zero-order chi connectivity index (χ0) is 37.0. The van der Waals surface area contributed by atoms with Gasteiger partial charge in [0, 0.05) is 45.5 Å². The van der Waals surface area contributed by atoms with Crippen LogP contribution >= 0.6 is 0 Å². The van der Waals surface area contributed by atoms with Crippen molar-refractivity contribution < 1.29 is 0 Å². The van der Waals surface area contributed by atoms with Crippen LogP contribution < -0.4 is 4.90 Å². The average Bonchev–Trinajstić information content (AvgIpc) is 3.93. The maximum Gasteiger partial charge on any atom is 0.212 e. The summed E-state index contributed by atoms with van der Waals surface area (Å²) in [6.45, 7) is 0. The van der Waals surface area contributed by atoms with Gasteiger partial charge in [-0.15, -0.1) is 0 Å². The highest BCUT2D eigenvalue weighted by Crippen LogP contribution is 2.53. The van der Waals surface area contributed by atoms with E-state index in [-0.39, 0.29) is 0 Å². The van der Waals surface area contributed by atoms with Crippen molar-refractivity contribution >= 4 is 66.3 Å². The Morgan fingerprint density at radius 2 is 0.875 bits per heavy atom. The van der Waals surface area contributed by atoms with Gasteiger partial charge in [0.1, 0.15) is 5.54 Å². The van der Waals surface area contributed by atoms with E-state index < -0.39 is 5.54 Å². The third-order valence-electron chi connectivity index (χ3n) is 12.0. The van der Waals surface area contributed by atoms with Gasteiger partial charge in [-0.25, -0.2) is 4.98 Å². The molecule has 11 aromatic rings. The van der Waals surface area contributed by atoms with Crippen LogP contribution in [0.25, 0.3) is 66.0 Å². The molecule has 0 bridgehead atoms. The summed E-state index contributed by atoms with van der Waals surface area (Å²) in [4.78, 5) is 7.60. The monoisotopic (exact) mass is 717 g/mol. The number of imidazole rings is 1. The van der Waals surface area contributed by atoms with Crippen LogP contribution in [0.15, 0.2) is 194 Å². The Kier molecular flexibility index (Phi) is 6.41. The van der Waals surface area contributed by atoms with E-state index in [4.69, 9.17) is 4.98 Å². The number of hydrogen-bond acceptors (Lipinski definition) is 2. The minimum Gasteiger partial charge on any atom is -0.315 e. The number of aromatic nitrogens is 4. The first kappa shape index (κ1) is 31.0. The summed E-state index contributed by atoms with van der Waals surface area (Å²) >= 11 is 0. The molecule has 8 aromatic carbocycles. The molecule has 0 radical (unpaired) electrons. The quantitative estimate of drug-likeness (QED) is 0.181. The zero-order valence-corrected chi connectivity index (χ0v) is 30.7. The van der Waals surface area contributed by atoms with Gasteiger partial charge in [-0.3, -0.25) is 4.57 Å². The molecule has 0 fully saturated rings. The molecule has 3 aromatic heterocycles. The van der Waals surface area contributed by atoms with Crippen LogP contribution in [0, 0.1) is 0 Å². The molecule has 0 aliphatic carbocycles. The lowest BCUT2D eigenvalue weighted by Crippen LogP contribution is -2.43. The Morgan fingerprint density at radius 3 is 1.48 bits per heavy atom. The number of nitrogens with zero attached hydrogens (tertiary/aromatic N) is 5. The molecule has 264 valence electrons. The van der Waals surface area contributed by atoms with E-state index in [0.717, 1.165) is 34.0 Å². The molecule has 4 heterocycles. The highest BCUT2D eigenvalue weighted by atomic mass is 15.4. The summed E-state index contributed by atoms with van der Waals surface area (Å²) in [7, 11) is 2.16. The third kappa shape index (κ3) is 4.06. The van der Waals surface area contributed by atoms with E-state index in [9.17, 15) is 0 Å². The van der Waals surface area contributed by atoms with Gasteiger partial charge in [-0.2, -0.15) is 0 Å². The second-order valence-electron chi connectivity index (χ2n) is 14.9. The molecule has 5 nitrogen and oxygen atoms in total. The highest BCUT2D eigenvalue weighted by Gasteiger charge is 2.47. The van der Waals surface area contributed by atoms with E-state index in [1.54, 1.807) is 0 Å². The van der Waals surface area contributed by atoms with Gasteiger partial charge in [0.25, 0.3) is 0 Å². The molecule has 0 saturated carbocycles. The fourth-order valence-corrected chi connectivity index (χ4v) is 9.71. The molecule has 5 heteroatoms. The lowest BCUT2D eigenvalue weighted by Gasteiger charge is -2.45. The molecular formula is C51H35N5. The number of anilines is 2. The van der Waals surface area contributed by atoms with Gasteiger partial charge in [-0.05, 0) is 71.8 Å². The standard InChI is InChI=1S/C51H35N5/c1-53-49-33-37(28-30-42(49)51(34-16-4-2-5-17-34,35-18-6-3-7-19-35)56-48-27-15-11-23-43(48)52-50(53)56)55-46-26-14-10-22-40(46)41-32-36(29-31-47(41)55)54-44-24-12-8-20-38(44)39-21-9-13-25-45(39)54/h2-33H,1H3. The molecule has 0 unspecified atom stereocenters. The molecule has 12 rings (SSSR count). The number of benzene rings is 8. The van der Waals surface area contributed by atoms with Crippen LogP contribution in [0.1, 0.15) is 16.7 Å². The number of fused-ring (bicyclic) bond motifs is 10. The van der Waals surface area contributed by atoms with E-state index in [1.165, 1.54) is 60.3 Å². The third-order valence-corrected chi connectivity index (χ3v) is 12.0. The minimum atomic E-state index is -0.674. The second kappa shape index (κ2) is 11.6. The summed E-state index contributed by atoms with van der Waals surface area (Å²) in [6.07, 6.45) is 0. The smallest absolute Gasteiger partial charge is 0.212 e. The van der Waals surface area contributed by atoms with E-state index in [1.807, 2.05) is 0 Å². The fourth-order valence-electron chi connectivity index (χ4n) is 9.71. The lowest BCUT2D eigenvalue weighted by molar-refractivity contribution is 0.517.